The van der Waals surface area contributed by atoms with Gasteiger partial charge in [0, 0.05) is 31.4 Å². The SMILES string of the molecule is Cc1cc(C)n(C[C@@H]2CCCCN2C(=O)[C@@H]2C[C@@H]2c2cnn(C)c2)n1. The fourth-order valence-electron chi connectivity index (χ4n) is 4.22. The molecule has 0 unspecified atom stereocenters. The van der Waals surface area contributed by atoms with Crippen molar-refractivity contribution in [3.05, 3.63) is 35.4 Å². The molecular formula is C19H27N5O. The third-order valence-corrected chi connectivity index (χ3v) is 5.66. The average molecular weight is 341 g/mol. The lowest BCUT2D eigenvalue weighted by atomic mass is 10.0. The fourth-order valence-corrected chi connectivity index (χ4v) is 4.22. The molecule has 2 aromatic rings. The summed E-state index contributed by atoms with van der Waals surface area (Å²) < 4.78 is 3.89. The minimum atomic E-state index is 0.144. The Bertz CT molecular complexity index is 777. The highest BCUT2D eigenvalue weighted by Crippen LogP contribution is 2.48. The Balaban J connectivity index is 1.46. The maximum atomic E-state index is 13.1. The van der Waals surface area contributed by atoms with Gasteiger partial charge >= 0.3 is 0 Å². The first-order valence-electron chi connectivity index (χ1n) is 9.33. The number of carbonyl (C=O) groups is 1. The third kappa shape index (κ3) is 3.22. The van der Waals surface area contributed by atoms with Gasteiger partial charge in [0.2, 0.25) is 5.91 Å². The zero-order chi connectivity index (χ0) is 17.6. The number of likely N-dealkylation sites (tertiary alicyclic amines) is 1. The fraction of sp³-hybridized carbons (Fsp3) is 0.632. The molecule has 134 valence electrons. The quantitative estimate of drug-likeness (QED) is 0.858. The van der Waals surface area contributed by atoms with E-state index < -0.39 is 0 Å². The summed E-state index contributed by atoms with van der Waals surface area (Å²) in [6.45, 7) is 5.82. The normalized spacial score (nSPS) is 26.0. The summed E-state index contributed by atoms with van der Waals surface area (Å²) in [5, 5.41) is 8.84. The molecule has 0 bridgehead atoms. The summed E-state index contributed by atoms with van der Waals surface area (Å²) >= 11 is 0. The largest absolute Gasteiger partial charge is 0.338 e. The van der Waals surface area contributed by atoms with Crippen molar-refractivity contribution in [2.24, 2.45) is 13.0 Å². The van der Waals surface area contributed by atoms with E-state index in [0.717, 1.165) is 38.0 Å². The van der Waals surface area contributed by atoms with Crippen LogP contribution >= 0.6 is 0 Å². The van der Waals surface area contributed by atoms with Crippen LogP contribution in [0, 0.1) is 19.8 Å². The van der Waals surface area contributed by atoms with Gasteiger partial charge < -0.3 is 4.90 Å². The number of nitrogens with zero attached hydrogens (tertiary/aromatic N) is 5. The Labute approximate surface area is 148 Å². The van der Waals surface area contributed by atoms with Gasteiger partial charge in [-0.2, -0.15) is 10.2 Å². The van der Waals surface area contributed by atoms with Crippen molar-refractivity contribution in [3.8, 4) is 0 Å². The lowest BCUT2D eigenvalue weighted by molar-refractivity contribution is -0.136. The molecule has 1 aliphatic heterocycles. The van der Waals surface area contributed by atoms with Gasteiger partial charge in [-0.15, -0.1) is 0 Å². The Morgan fingerprint density at radius 3 is 2.84 bits per heavy atom. The van der Waals surface area contributed by atoms with E-state index in [0.29, 0.717) is 11.8 Å². The number of rotatable bonds is 4. The first-order chi connectivity index (χ1) is 12.0. The number of aryl methyl sites for hydroxylation is 3. The van der Waals surface area contributed by atoms with Crippen molar-refractivity contribution in [1.82, 2.24) is 24.5 Å². The zero-order valence-corrected chi connectivity index (χ0v) is 15.4. The number of hydrogen-bond acceptors (Lipinski definition) is 3. The Hall–Kier alpha value is -2.11. The second-order valence-corrected chi connectivity index (χ2v) is 7.69. The van der Waals surface area contributed by atoms with Gasteiger partial charge in [0.1, 0.15) is 0 Å². The minimum absolute atomic E-state index is 0.144. The highest BCUT2D eigenvalue weighted by atomic mass is 16.2. The van der Waals surface area contributed by atoms with Crippen molar-refractivity contribution < 1.29 is 4.79 Å². The number of piperidine rings is 1. The molecule has 6 nitrogen and oxygen atoms in total. The molecule has 25 heavy (non-hydrogen) atoms. The lowest BCUT2D eigenvalue weighted by Crippen LogP contribution is -2.47. The van der Waals surface area contributed by atoms with Crippen LogP contribution in [-0.2, 0) is 18.4 Å². The van der Waals surface area contributed by atoms with Gasteiger partial charge in [-0.25, -0.2) is 0 Å². The van der Waals surface area contributed by atoms with Crippen LogP contribution in [0.1, 0.15) is 48.6 Å². The van der Waals surface area contributed by atoms with Gasteiger partial charge in [0.25, 0.3) is 0 Å². The summed E-state index contributed by atoms with van der Waals surface area (Å²) in [6, 6.07) is 2.38. The molecule has 4 rings (SSSR count). The molecular weight excluding hydrogens is 314 g/mol. The van der Waals surface area contributed by atoms with Gasteiger partial charge in [0.05, 0.1) is 24.5 Å². The molecule has 0 N–H and O–H groups in total. The van der Waals surface area contributed by atoms with Gasteiger partial charge in [-0.1, -0.05) is 0 Å². The summed E-state index contributed by atoms with van der Waals surface area (Å²) in [4.78, 5) is 15.3. The lowest BCUT2D eigenvalue weighted by Gasteiger charge is -2.36. The van der Waals surface area contributed by atoms with Crippen LogP contribution in [0.5, 0.6) is 0 Å². The number of hydrogen-bond donors (Lipinski definition) is 0. The maximum Gasteiger partial charge on any atom is 0.226 e. The van der Waals surface area contributed by atoms with Crippen LogP contribution in [-0.4, -0.2) is 43.0 Å². The predicted octanol–water partition coefficient (Wildman–Crippen LogP) is 2.42. The summed E-state index contributed by atoms with van der Waals surface area (Å²) in [6.07, 6.45) is 8.30. The maximum absolute atomic E-state index is 13.1. The molecule has 3 heterocycles. The molecule has 0 radical (unpaired) electrons. The van der Waals surface area contributed by atoms with Crippen molar-refractivity contribution >= 4 is 5.91 Å². The van der Waals surface area contributed by atoms with E-state index in [2.05, 4.69) is 32.8 Å². The van der Waals surface area contributed by atoms with Crippen LogP contribution in [0.25, 0.3) is 0 Å². The highest BCUT2D eigenvalue weighted by Gasteiger charge is 2.47. The number of amides is 1. The smallest absolute Gasteiger partial charge is 0.226 e. The second-order valence-electron chi connectivity index (χ2n) is 7.69. The van der Waals surface area contributed by atoms with Crippen molar-refractivity contribution in [3.63, 3.8) is 0 Å². The molecule has 1 amide bonds. The van der Waals surface area contributed by atoms with E-state index in [-0.39, 0.29) is 12.0 Å². The van der Waals surface area contributed by atoms with Crippen molar-refractivity contribution in [2.45, 2.75) is 58.0 Å². The number of carbonyl (C=O) groups excluding carboxylic acids is 1. The summed E-state index contributed by atoms with van der Waals surface area (Å²) in [7, 11) is 1.93. The van der Waals surface area contributed by atoms with E-state index in [9.17, 15) is 4.79 Å². The van der Waals surface area contributed by atoms with Gasteiger partial charge in [0.15, 0.2) is 0 Å². The molecule has 1 aliphatic carbocycles. The topological polar surface area (TPSA) is 56.0 Å². The highest BCUT2D eigenvalue weighted by molar-refractivity contribution is 5.83. The molecule has 2 fully saturated rings. The van der Waals surface area contributed by atoms with Crippen LogP contribution < -0.4 is 0 Å². The van der Waals surface area contributed by atoms with Crippen molar-refractivity contribution in [1.29, 1.82) is 0 Å². The molecule has 1 saturated carbocycles. The molecule has 0 aromatic carbocycles. The van der Waals surface area contributed by atoms with Crippen LogP contribution in [0.3, 0.4) is 0 Å². The molecule has 3 atom stereocenters. The standard InChI is InChI=1S/C19H27N5O/c1-13-8-14(2)24(21-13)12-16-6-4-5-7-23(16)19(25)18-9-17(18)15-10-20-22(3)11-15/h8,10-11,16-18H,4-7,9,12H2,1-3H3/t16-,17+,18+/m0/s1. The monoisotopic (exact) mass is 341 g/mol. The molecule has 6 heteroatoms. The molecule has 2 aliphatic rings. The van der Waals surface area contributed by atoms with Crippen molar-refractivity contribution in [2.75, 3.05) is 6.54 Å². The molecule has 0 spiro atoms. The van der Waals surface area contributed by atoms with Gasteiger partial charge in [-0.05, 0) is 57.1 Å². The zero-order valence-electron chi connectivity index (χ0n) is 15.4. The first kappa shape index (κ1) is 16.4. The van der Waals surface area contributed by atoms with E-state index in [1.165, 1.54) is 17.7 Å². The first-order valence-corrected chi connectivity index (χ1v) is 9.33. The van der Waals surface area contributed by atoms with Crippen LogP contribution in [0.4, 0.5) is 0 Å². The van der Waals surface area contributed by atoms with E-state index in [1.54, 1.807) is 0 Å². The molecule has 2 aromatic heterocycles. The third-order valence-electron chi connectivity index (χ3n) is 5.66. The Morgan fingerprint density at radius 1 is 1.32 bits per heavy atom. The average Bonchev–Trinajstić information content (AvgIpc) is 3.17. The van der Waals surface area contributed by atoms with Crippen LogP contribution in [0.15, 0.2) is 18.5 Å². The molecule has 1 saturated heterocycles. The van der Waals surface area contributed by atoms with Gasteiger partial charge in [-0.3, -0.25) is 14.2 Å². The number of aromatic nitrogens is 4. The van der Waals surface area contributed by atoms with E-state index in [1.807, 2.05) is 31.0 Å². The second kappa shape index (κ2) is 6.32. The predicted molar refractivity (Wildman–Crippen MR) is 95.1 cm³/mol. The van der Waals surface area contributed by atoms with E-state index >= 15 is 0 Å². The summed E-state index contributed by atoms with van der Waals surface area (Å²) in [5.41, 5.74) is 3.42. The van der Waals surface area contributed by atoms with Crippen LogP contribution in [0.2, 0.25) is 0 Å². The minimum Gasteiger partial charge on any atom is -0.338 e. The Kier molecular flexibility index (Phi) is 4.13. The Morgan fingerprint density at radius 2 is 2.16 bits per heavy atom. The van der Waals surface area contributed by atoms with E-state index in [4.69, 9.17) is 0 Å². The summed E-state index contributed by atoms with van der Waals surface area (Å²) in [5.74, 6) is 0.836.